The van der Waals surface area contributed by atoms with Crippen molar-refractivity contribution in [1.82, 2.24) is 9.80 Å². The van der Waals surface area contributed by atoms with Gasteiger partial charge in [-0.05, 0) is 70.7 Å². The van der Waals surface area contributed by atoms with E-state index >= 15 is 0 Å². The van der Waals surface area contributed by atoms with Crippen molar-refractivity contribution in [3.8, 4) is 0 Å². The van der Waals surface area contributed by atoms with Crippen LogP contribution in [0.3, 0.4) is 0 Å². The van der Waals surface area contributed by atoms with E-state index in [1.807, 2.05) is 0 Å². The highest BCUT2D eigenvalue weighted by Gasteiger charge is 2.31. The van der Waals surface area contributed by atoms with E-state index in [4.69, 9.17) is 5.73 Å². The first kappa shape index (κ1) is 16.3. The molecule has 0 aromatic rings. The summed E-state index contributed by atoms with van der Waals surface area (Å²) >= 11 is 0. The summed E-state index contributed by atoms with van der Waals surface area (Å²) in [6.45, 7) is 5.93. The molecule has 0 atom stereocenters. The molecule has 20 heavy (non-hydrogen) atoms. The van der Waals surface area contributed by atoms with Crippen molar-refractivity contribution < 1.29 is 0 Å². The van der Waals surface area contributed by atoms with E-state index in [0.717, 1.165) is 12.5 Å². The van der Waals surface area contributed by atoms with Crippen LogP contribution in [-0.4, -0.2) is 56.6 Å². The molecule has 1 aliphatic carbocycles. The minimum atomic E-state index is 0.413. The molecule has 1 aliphatic heterocycles. The van der Waals surface area contributed by atoms with E-state index in [0.29, 0.717) is 5.41 Å². The zero-order valence-corrected chi connectivity index (χ0v) is 13.7. The molecule has 0 amide bonds. The monoisotopic (exact) mass is 281 g/mol. The van der Waals surface area contributed by atoms with Gasteiger partial charge in [-0.25, -0.2) is 0 Å². The average molecular weight is 281 g/mol. The fraction of sp³-hybridized carbons (Fsp3) is 1.00. The summed E-state index contributed by atoms with van der Waals surface area (Å²) in [5, 5.41) is 0. The molecule has 0 aromatic heterocycles. The van der Waals surface area contributed by atoms with Crippen LogP contribution in [0.15, 0.2) is 0 Å². The molecule has 2 fully saturated rings. The Bertz CT molecular complexity index is 263. The zero-order chi connectivity index (χ0) is 14.4. The van der Waals surface area contributed by atoms with Crippen molar-refractivity contribution >= 4 is 0 Å². The highest BCUT2D eigenvalue weighted by Crippen LogP contribution is 2.35. The van der Waals surface area contributed by atoms with Gasteiger partial charge in [0.25, 0.3) is 0 Å². The van der Waals surface area contributed by atoms with Crippen molar-refractivity contribution in [2.45, 2.75) is 51.4 Å². The normalized spacial score (nSPS) is 25.8. The average Bonchev–Trinajstić information content (AvgIpc) is 2.67. The third kappa shape index (κ3) is 4.71. The van der Waals surface area contributed by atoms with Gasteiger partial charge in [-0.3, -0.25) is 0 Å². The van der Waals surface area contributed by atoms with Gasteiger partial charge in [0.2, 0.25) is 0 Å². The predicted molar refractivity (Wildman–Crippen MR) is 86.9 cm³/mol. The van der Waals surface area contributed by atoms with Crippen LogP contribution >= 0.6 is 0 Å². The molecule has 3 nitrogen and oxygen atoms in total. The van der Waals surface area contributed by atoms with Gasteiger partial charge in [0.15, 0.2) is 0 Å². The van der Waals surface area contributed by atoms with Crippen molar-refractivity contribution in [1.29, 1.82) is 0 Å². The van der Waals surface area contributed by atoms with E-state index in [9.17, 15) is 0 Å². The van der Waals surface area contributed by atoms with Gasteiger partial charge >= 0.3 is 0 Å². The van der Waals surface area contributed by atoms with Crippen LogP contribution in [-0.2, 0) is 0 Å². The summed E-state index contributed by atoms with van der Waals surface area (Å²) in [5.41, 5.74) is 6.59. The topological polar surface area (TPSA) is 32.5 Å². The fourth-order valence-electron chi connectivity index (χ4n) is 4.23. The van der Waals surface area contributed by atoms with E-state index in [-0.39, 0.29) is 0 Å². The Hall–Kier alpha value is -0.120. The highest BCUT2D eigenvalue weighted by atomic mass is 15.1. The maximum absolute atomic E-state index is 6.17. The van der Waals surface area contributed by atoms with E-state index < -0.39 is 0 Å². The lowest BCUT2D eigenvalue weighted by molar-refractivity contribution is 0.121. The van der Waals surface area contributed by atoms with E-state index in [1.165, 1.54) is 77.5 Å². The Morgan fingerprint density at radius 3 is 2.25 bits per heavy atom. The number of nitrogens with zero attached hydrogens (tertiary/aromatic N) is 2. The van der Waals surface area contributed by atoms with Crippen molar-refractivity contribution in [2.75, 3.05) is 46.8 Å². The standard InChI is InChI=1S/C17H35N3/c1-19-11-7-16(8-12-19)13-20(2)15-17(14-18)9-5-3-4-6-10-17/h16H,3-15,18H2,1-2H3. The number of hydrogen-bond donors (Lipinski definition) is 1. The molecule has 0 spiro atoms. The molecule has 3 heteroatoms. The van der Waals surface area contributed by atoms with Gasteiger partial charge in [-0.2, -0.15) is 0 Å². The molecule has 2 N–H and O–H groups in total. The smallest absolute Gasteiger partial charge is 0.00471 e. The van der Waals surface area contributed by atoms with Gasteiger partial charge in [0.1, 0.15) is 0 Å². The number of hydrogen-bond acceptors (Lipinski definition) is 3. The second-order valence-corrected chi connectivity index (χ2v) is 7.56. The Balaban J connectivity index is 1.80. The van der Waals surface area contributed by atoms with Gasteiger partial charge in [-0.1, -0.05) is 25.7 Å². The van der Waals surface area contributed by atoms with Crippen LogP contribution in [0, 0.1) is 11.3 Å². The molecule has 1 saturated heterocycles. The summed E-state index contributed by atoms with van der Waals surface area (Å²) < 4.78 is 0. The lowest BCUT2D eigenvalue weighted by Gasteiger charge is -2.38. The molecule has 1 heterocycles. The summed E-state index contributed by atoms with van der Waals surface area (Å²) in [6.07, 6.45) is 11.1. The molecular formula is C17H35N3. The predicted octanol–water partition coefficient (Wildman–Crippen LogP) is 2.56. The van der Waals surface area contributed by atoms with Gasteiger partial charge < -0.3 is 15.5 Å². The van der Waals surface area contributed by atoms with Crippen LogP contribution in [0.2, 0.25) is 0 Å². The SMILES string of the molecule is CN1CCC(CN(C)CC2(CN)CCCCCC2)CC1. The lowest BCUT2D eigenvalue weighted by atomic mass is 9.79. The number of piperidine rings is 1. The first-order valence-electron chi connectivity index (χ1n) is 8.71. The molecule has 0 radical (unpaired) electrons. The summed E-state index contributed by atoms with van der Waals surface area (Å²) in [5.74, 6) is 0.900. The maximum Gasteiger partial charge on any atom is 0.00471 e. The highest BCUT2D eigenvalue weighted by molar-refractivity contribution is 4.86. The molecule has 118 valence electrons. The second kappa shape index (κ2) is 7.77. The first-order valence-corrected chi connectivity index (χ1v) is 8.71. The molecule has 0 unspecified atom stereocenters. The van der Waals surface area contributed by atoms with Crippen molar-refractivity contribution in [3.05, 3.63) is 0 Å². The fourth-order valence-corrected chi connectivity index (χ4v) is 4.23. The molecule has 0 aromatic carbocycles. The van der Waals surface area contributed by atoms with E-state index in [2.05, 4.69) is 23.9 Å². The third-order valence-corrected chi connectivity index (χ3v) is 5.61. The maximum atomic E-state index is 6.17. The minimum Gasteiger partial charge on any atom is -0.330 e. The first-order chi connectivity index (χ1) is 9.63. The van der Waals surface area contributed by atoms with Crippen LogP contribution in [0.5, 0.6) is 0 Å². The van der Waals surface area contributed by atoms with Gasteiger partial charge in [-0.15, -0.1) is 0 Å². The summed E-state index contributed by atoms with van der Waals surface area (Å²) in [4.78, 5) is 5.05. The quantitative estimate of drug-likeness (QED) is 0.786. The van der Waals surface area contributed by atoms with Crippen LogP contribution < -0.4 is 5.73 Å². The van der Waals surface area contributed by atoms with E-state index in [1.54, 1.807) is 0 Å². The Morgan fingerprint density at radius 2 is 1.70 bits per heavy atom. The molecule has 2 rings (SSSR count). The molecule has 1 saturated carbocycles. The second-order valence-electron chi connectivity index (χ2n) is 7.56. The summed E-state index contributed by atoms with van der Waals surface area (Å²) in [6, 6.07) is 0. The largest absolute Gasteiger partial charge is 0.330 e. The minimum absolute atomic E-state index is 0.413. The Labute approximate surface area is 125 Å². The van der Waals surface area contributed by atoms with Gasteiger partial charge in [0.05, 0.1) is 0 Å². The van der Waals surface area contributed by atoms with Crippen molar-refractivity contribution in [2.24, 2.45) is 17.1 Å². The van der Waals surface area contributed by atoms with Gasteiger partial charge in [0, 0.05) is 13.1 Å². The van der Waals surface area contributed by atoms with Crippen molar-refractivity contribution in [3.63, 3.8) is 0 Å². The van der Waals surface area contributed by atoms with Crippen LogP contribution in [0.4, 0.5) is 0 Å². The van der Waals surface area contributed by atoms with Crippen LogP contribution in [0.1, 0.15) is 51.4 Å². The lowest BCUT2D eigenvalue weighted by Crippen LogP contribution is -2.43. The third-order valence-electron chi connectivity index (χ3n) is 5.61. The zero-order valence-electron chi connectivity index (χ0n) is 13.7. The number of rotatable bonds is 5. The van der Waals surface area contributed by atoms with Crippen LogP contribution in [0.25, 0.3) is 0 Å². The Kier molecular flexibility index (Phi) is 6.31. The molecule has 2 aliphatic rings. The molecular weight excluding hydrogens is 246 g/mol. The summed E-state index contributed by atoms with van der Waals surface area (Å²) in [7, 11) is 4.56. The number of nitrogens with two attached hydrogens (primary N) is 1. The Morgan fingerprint density at radius 1 is 1.10 bits per heavy atom. The molecule has 0 bridgehead atoms. The number of likely N-dealkylation sites (tertiary alicyclic amines) is 1.